The van der Waals surface area contributed by atoms with Crippen LogP contribution < -0.4 is 0 Å². The highest BCUT2D eigenvalue weighted by atomic mass is 16.3. The molecule has 0 saturated carbocycles. The monoisotopic (exact) mass is 635 g/mol. The molecule has 0 aliphatic carbocycles. The summed E-state index contributed by atoms with van der Waals surface area (Å²) < 4.78 is 123. The minimum atomic E-state index is -0.586. The lowest BCUT2D eigenvalue weighted by molar-refractivity contribution is 0.669. The lowest BCUT2D eigenvalue weighted by Crippen LogP contribution is -1.92. The van der Waals surface area contributed by atoms with Crippen molar-refractivity contribution in [3.63, 3.8) is 0 Å². The number of fused-ring (bicyclic) bond motifs is 6. The van der Waals surface area contributed by atoms with Crippen LogP contribution in [-0.2, 0) is 0 Å². The van der Waals surface area contributed by atoms with Crippen molar-refractivity contribution in [2.75, 3.05) is 0 Å². The van der Waals surface area contributed by atoms with E-state index in [1.165, 1.54) is 0 Å². The van der Waals surface area contributed by atoms with E-state index in [0.717, 1.165) is 11.1 Å². The number of furan rings is 1. The van der Waals surface area contributed by atoms with E-state index in [9.17, 15) is 8.22 Å². The molecule has 1 aromatic heterocycles. The number of benzene rings is 9. The van der Waals surface area contributed by atoms with Crippen LogP contribution in [-0.4, -0.2) is 0 Å². The van der Waals surface area contributed by atoms with Gasteiger partial charge in [0.2, 0.25) is 0 Å². The van der Waals surface area contributed by atoms with Gasteiger partial charge >= 0.3 is 0 Å². The molecule has 10 rings (SSSR count). The van der Waals surface area contributed by atoms with Gasteiger partial charge in [0.25, 0.3) is 0 Å². The quantitative estimate of drug-likeness (QED) is 0.175. The first-order chi connectivity index (χ1) is 29.7. The van der Waals surface area contributed by atoms with Crippen LogP contribution >= 0.6 is 0 Å². The first-order valence-electron chi connectivity index (χ1n) is 22.3. The van der Waals surface area contributed by atoms with Crippen LogP contribution in [0.1, 0.15) is 17.8 Å². The van der Waals surface area contributed by atoms with Crippen molar-refractivity contribution in [3.05, 3.63) is 182 Å². The number of rotatable bonds is 4. The van der Waals surface area contributed by atoms with Gasteiger partial charge in [-0.1, -0.05) is 158 Å². The molecule has 0 unspecified atom stereocenters. The van der Waals surface area contributed by atoms with Gasteiger partial charge in [-0.05, 0) is 101 Å². The molecule has 0 aliphatic heterocycles. The van der Waals surface area contributed by atoms with Gasteiger partial charge in [0, 0.05) is 10.8 Å². The Morgan fingerprint density at radius 2 is 0.878 bits per heavy atom. The lowest BCUT2D eigenvalue weighted by Gasteiger charge is -2.20. The van der Waals surface area contributed by atoms with Gasteiger partial charge in [0.05, 0.1) is 17.8 Å². The predicted molar refractivity (Wildman–Crippen MR) is 208 cm³/mol. The second-order valence-electron chi connectivity index (χ2n) is 11.8. The van der Waals surface area contributed by atoms with Crippen LogP contribution in [0.3, 0.4) is 0 Å². The third kappa shape index (κ3) is 4.47. The zero-order valence-electron chi connectivity index (χ0n) is 38.7. The minimum Gasteiger partial charge on any atom is -0.456 e. The topological polar surface area (TPSA) is 13.1 Å². The highest BCUT2D eigenvalue weighted by molar-refractivity contribution is 6.23. The molecule has 0 amide bonds. The average molecular weight is 636 g/mol. The smallest absolute Gasteiger partial charge is 0.136 e. The molecule has 0 spiro atoms. The molecule has 49 heavy (non-hydrogen) atoms. The zero-order chi connectivity index (χ0) is 43.6. The normalized spacial score (nSPS) is 15.4. The Bertz CT molecular complexity index is 3540. The molecule has 0 N–H and O–H groups in total. The highest BCUT2D eigenvalue weighted by Gasteiger charge is 2.20. The number of hydrogen-bond acceptors (Lipinski definition) is 1. The molecule has 0 fully saturated rings. The maximum absolute atomic E-state index is 9.81. The molecule has 1 nitrogen and oxygen atoms in total. The molecule has 10 aromatic rings. The van der Waals surface area contributed by atoms with E-state index in [4.69, 9.17) is 14.0 Å². The lowest BCUT2D eigenvalue weighted by atomic mass is 9.83. The molecule has 0 atom stereocenters. The maximum Gasteiger partial charge on any atom is 0.136 e. The van der Waals surface area contributed by atoms with Crippen molar-refractivity contribution in [3.8, 4) is 44.5 Å². The standard InChI is InChI=1S/C48H30O/c1-2-12-31(13-3-1)32-22-24-33(25-23-32)37-16-6-7-17-38(37)48-41-20-10-8-18-39(41)47(40-19-9-11-21-42(40)48)36-26-27-45-43(29-36)44-28-34-14-4-5-15-35(34)30-46(44)49-45/h1-30H/i4D,5D,6D,7D,14D,15D,16D,17D,26D,27D,28D,29D,30D. The second-order valence-corrected chi connectivity index (χ2v) is 11.8. The Kier molecular flexibility index (Phi) is 3.99. The van der Waals surface area contributed by atoms with E-state index >= 15 is 0 Å². The van der Waals surface area contributed by atoms with Crippen molar-refractivity contribution in [2.24, 2.45) is 0 Å². The molecule has 0 bridgehead atoms. The van der Waals surface area contributed by atoms with Crippen LogP contribution in [0.15, 0.2) is 186 Å². The Hall–Kier alpha value is -6.44. The van der Waals surface area contributed by atoms with E-state index in [0.29, 0.717) is 43.8 Å². The Morgan fingerprint density at radius 1 is 0.347 bits per heavy atom. The Morgan fingerprint density at radius 3 is 1.57 bits per heavy atom. The fourth-order valence-electron chi connectivity index (χ4n) is 6.83. The Balaban J connectivity index is 1.32. The van der Waals surface area contributed by atoms with E-state index in [2.05, 4.69) is 0 Å². The molecule has 9 aromatic carbocycles. The van der Waals surface area contributed by atoms with E-state index in [1.807, 2.05) is 66.7 Å². The molecule has 228 valence electrons. The van der Waals surface area contributed by atoms with Crippen molar-refractivity contribution in [2.45, 2.75) is 0 Å². The van der Waals surface area contributed by atoms with Crippen LogP contribution in [0.5, 0.6) is 0 Å². The summed E-state index contributed by atoms with van der Waals surface area (Å²) in [5.74, 6) is 0. The van der Waals surface area contributed by atoms with Gasteiger partial charge < -0.3 is 4.42 Å². The van der Waals surface area contributed by atoms with Gasteiger partial charge in [-0.2, -0.15) is 0 Å². The summed E-state index contributed by atoms with van der Waals surface area (Å²) in [4.78, 5) is 0. The Labute approximate surface area is 302 Å². The fraction of sp³-hybridized carbons (Fsp3) is 0. The van der Waals surface area contributed by atoms with Gasteiger partial charge in [-0.3, -0.25) is 0 Å². The summed E-state index contributed by atoms with van der Waals surface area (Å²) in [6.07, 6.45) is 0. The summed E-state index contributed by atoms with van der Waals surface area (Å²) in [5, 5.41) is 1.53. The third-order valence-electron chi connectivity index (χ3n) is 9.03. The molecule has 0 saturated heterocycles. The molecular formula is C48H30O. The van der Waals surface area contributed by atoms with Crippen molar-refractivity contribution in [1.29, 1.82) is 0 Å². The van der Waals surface area contributed by atoms with Gasteiger partial charge in [0.1, 0.15) is 11.2 Å². The maximum atomic E-state index is 9.81. The van der Waals surface area contributed by atoms with Gasteiger partial charge in [-0.15, -0.1) is 0 Å². The zero-order valence-corrected chi connectivity index (χ0v) is 25.7. The van der Waals surface area contributed by atoms with E-state index in [1.54, 1.807) is 36.4 Å². The highest BCUT2D eigenvalue weighted by Crippen LogP contribution is 2.47. The summed E-state index contributed by atoms with van der Waals surface area (Å²) in [6, 6.07) is 26.3. The third-order valence-corrected chi connectivity index (χ3v) is 9.03. The average Bonchev–Trinajstić information content (AvgIpc) is 3.71. The molecule has 1 heterocycles. The summed E-state index contributed by atoms with van der Waals surface area (Å²) in [5.41, 5.74) is 3.46. The first-order valence-corrected chi connectivity index (χ1v) is 15.8. The van der Waals surface area contributed by atoms with E-state index < -0.39 is 48.3 Å². The van der Waals surface area contributed by atoms with Crippen LogP contribution in [0.25, 0.3) is 98.8 Å². The van der Waals surface area contributed by atoms with Crippen LogP contribution in [0.4, 0.5) is 0 Å². The van der Waals surface area contributed by atoms with Gasteiger partial charge in [-0.25, -0.2) is 0 Å². The second kappa shape index (κ2) is 11.1. The fourth-order valence-corrected chi connectivity index (χ4v) is 6.83. The van der Waals surface area contributed by atoms with Crippen molar-refractivity contribution < 1.29 is 22.2 Å². The van der Waals surface area contributed by atoms with Crippen molar-refractivity contribution in [1.82, 2.24) is 0 Å². The molecule has 0 aliphatic rings. The summed E-state index contributed by atoms with van der Waals surface area (Å²) in [7, 11) is 0. The number of hydrogen-bond donors (Lipinski definition) is 0. The van der Waals surface area contributed by atoms with Crippen LogP contribution in [0.2, 0.25) is 0 Å². The van der Waals surface area contributed by atoms with Gasteiger partial charge in [0.15, 0.2) is 0 Å². The summed E-state index contributed by atoms with van der Waals surface area (Å²) in [6.45, 7) is 0. The van der Waals surface area contributed by atoms with Crippen LogP contribution in [0, 0.1) is 0 Å². The molecular weight excluding hydrogens is 593 g/mol. The SMILES string of the molecule is [2H]c1c([2H])c([2H])c(-c2c3ccccc3c(-c3c([2H])c([2H])c4oc5c([2H])c6c([2H])c([2H])c([2H])c([2H])c6c([2H])c5c4c3[2H])c3ccccc23)c(-c2ccc(-c3ccccc3)cc2)c1[2H]. The minimum absolute atomic E-state index is 0.0110. The first kappa shape index (κ1) is 17.6. The predicted octanol–water partition coefficient (Wildman–Crippen LogP) is 13.7. The van der Waals surface area contributed by atoms with Crippen molar-refractivity contribution >= 4 is 54.3 Å². The summed E-state index contributed by atoms with van der Waals surface area (Å²) >= 11 is 0. The van der Waals surface area contributed by atoms with E-state index in [-0.39, 0.29) is 74.0 Å². The molecule has 1 heteroatoms. The largest absolute Gasteiger partial charge is 0.456 e. The molecule has 0 radical (unpaired) electrons.